The van der Waals surface area contributed by atoms with Gasteiger partial charge in [-0.15, -0.1) is 0 Å². The van der Waals surface area contributed by atoms with Crippen LogP contribution in [0.5, 0.6) is 0 Å². The van der Waals surface area contributed by atoms with Gasteiger partial charge in [-0.2, -0.15) is 0 Å². The third kappa shape index (κ3) is 13.5. The minimum absolute atomic E-state index is 0.0207. The number of hydrogen-bond acceptors (Lipinski definition) is 7. The summed E-state index contributed by atoms with van der Waals surface area (Å²) in [7, 11) is 0. The molecule has 9 heteroatoms. The molecular formula is C15H24O9. The van der Waals surface area contributed by atoms with E-state index in [1.165, 1.54) is 0 Å². The Hall–Kier alpha value is -2.16. The van der Waals surface area contributed by atoms with Crippen LogP contribution in [-0.2, 0) is 28.7 Å². The normalized spacial score (nSPS) is 11.5. The third-order valence-corrected chi connectivity index (χ3v) is 2.98. The van der Waals surface area contributed by atoms with E-state index >= 15 is 0 Å². The lowest BCUT2D eigenvalue weighted by Gasteiger charge is -2.15. The number of carbonyl (C=O) groups is 4. The van der Waals surface area contributed by atoms with Crippen LogP contribution in [-0.4, -0.2) is 58.5 Å². The lowest BCUT2D eigenvalue weighted by atomic mass is 10.2. The van der Waals surface area contributed by atoms with Crippen molar-refractivity contribution in [2.75, 3.05) is 13.2 Å². The van der Waals surface area contributed by atoms with Crippen molar-refractivity contribution in [3.05, 3.63) is 0 Å². The highest BCUT2D eigenvalue weighted by atomic mass is 16.6. The van der Waals surface area contributed by atoms with E-state index in [1.807, 2.05) is 0 Å². The van der Waals surface area contributed by atoms with Crippen molar-refractivity contribution in [1.29, 1.82) is 0 Å². The summed E-state index contributed by atoms with van der Waals surface area (Å²) < 4.78 is 9.78. The molecule has 0 saturated carbocycles. The van der Waals surface area contributed by atoms with Crippen LogP contribution < -0.4 is 0 Å². The number of carboxylic acids is 2. The van der Waals surface area contributed by atoms with E-state index in [4.69, 9.17) is 24.8 Å². The van der Waals surface area contributed by atoms with E-state index in [-0.39, 0.29) is 32.3 Å². The highest BCUT2D eigenvalue weighted by molar-refractivity contribution is 5.71. The van der Waals surface area contributed by atoms with Crippen molar-refractivity contribution >= 4 is 23.9 Å². The third-order valence-electron chi connectivity index (χ3n) is 2.98. The van der Waals surface area contributed by atoms with Gasteiger partial charge in [0.2, 0.25) is 0 Å². The molecule has 0 aliphatic carbocycles. The summed E-state index contributed by atoms with van der Waals surface area (Å²) in [6, 6.07) is 0. The van der Waals surface area contributed by atoms with Gasteiger partial charge in [0.15, 0.2) is 6.10 Å². The minimum Gasteiger partial charge on any atom is -0.481 e. The summed E-state index contributed by atoms with van der Waals surface area (Å²) in [4.78, 5) is 43.5. The second-order valence-electron chi connectivity index (χ2n) is 5.18. The van der Waals surface area contributed by atoms with Crippen LogP contribution in [0.15, 0.2) is 0 Å². The van der Waals surface area contributed by atoms with Crippen molar-refractivity contribution < 1.29 is 44.0 Å². The van der Waals surface area contributed by atoms with Crippen LogP contribution in [0.3, 0.4) is 0 Å². The molecule has 0 aromatic carbocycles. The minimum atomic E-state index is -0.972. The molecular weight excluding hydrogens is 324 g/mol. The Morgan fingerprint density at radius 1 is 0.750 bits per heavy atom. The number of unbranched alkanes of at least 4 members (excludes halogenated alkanes) is 2. The predicted octanol–water partition coefficient (Wildman–Crippen LogP) is 0.724. The van der Waals surface area contributed by atoms with Gasteiger partial charge in [0.1, 0.15) is 6.61 Å². The second kappa shape index (κ2) is 13.3. The molecule has 0 amide bonds. The van der Waals surface area contributed by atoms with Gasteiger partial charge in [0.25, 0.3) is 0 Å². The number of aliphatic hydroxyl groups is 1. The first-order valence-corrected chi connectivity index (χ1v) is 7.74. The average Bonchev–Trinajstić information content (AvgIpc) is 2.51. The highest BCUT2D eigenvalue weighted by Crippen LogP contribution is 2.05. The van der Waals surface area contributed by atoms with Crippen molar-refractivity contribution in [3.63, 3.8) is 0 Å². The highest BCUT2D eigenvalue weighted by Gasteiger charge is 2.16. The number of hydrogen-bond donors (Lipinski definition) is 3. The van der Waals surface area contributed by atoms with E-state index in [0.717, 1.165) is 0 Å². The monoisotopic (exact) mass is 348 g/mol. The van der Waals surface area contributed by atoms with Crippen LogP contribution in [0, 0.1) is 0 Å². The maximum absolute atomic E-state index is 11.5. The molecule has 0 saturated heterocycles. The Labute approximate surface area is 139 Å². The Bertz CT molecular complexity index is 419. The molecule has 0 aromatic rings. The number of rotatable bonds is 14. The molecule has 0 fully saturated rings. The van der Waals surface area contributed by atoms with E-state index < -0.39 is 36.6 Å². The lowest BCUT2D eigenvalue weighted by Crippen LogP contribution is -2.28. The number of esters is 2. The summed E-state index contributed by atoms with van der Waals surface area (Å²) in [5.74, 6) is -3.03. The van der Waals surface area contributed by atoms with E-state index in [9.17, 15) is 19.2 Å². The molecule has 1 atom stereocenters. The summed E-state index contributed by atoms with van der Waals surface area (Å²) in [6.45, 7) is -0.789. The van der Waals surface area contributed by atoms with Crippen molar-refractivity contribution in [1.82, 2.24) is 0 Å². The van der Waals surface area contributed by atoms with Gasteiger partial charge in [-0.25, -0.2) is 0 Å². The first-order chi connectivity index (χ1) is 11.3. The summed E-state index contributed by atoms with van der Waals surface area (Å²) in [6.07, 6.45) is 0.480. The molecule has 24 heavy (non-hydrogen) atoms. The fraction of sp³-hybridized carbons (Fsp3) is 0.733. The van der Waals surface area contributed by atoms with Crippen LogP contribution in [0.1, 0.15) is 51.4 Å². The van der Waals surface area contributed by atoms with Gasteiger partial charge in [0.05, 0.1) is 6.61 Å². The Balaban J connectivity index is 3.84. The van der Waals surface area contributed by atoms with Crippen molar-refractivity contribution in [3.8, 4) is 0 Å². The topological polar surface area (TPSA) is 147 Å². The first kappa shape index (κ1) is 21.8. The van der Waals surface area contributed by atoms with Crippen LogP contribution in [0.25, 0.3) is 0 Å². The number of carbonyl (C=O) groups excluding carboxylic acids is 2. The molecule has 0 rings (SSSR count). The maximum Gasteiger partial charge on any atom is 0.306 e. The van der Waals surface area contributed by atoms with Gasteiger partial charge in [-0.1, -0.05) is 0 Å². The Kier molecular flexibility index (Phi) is 12.1. The van der Waals surface area contributed by atoms with Gasteiger partial charge < -0.3 is 24.8 Å². The Morgan fingerprint density at radius 3 is 1.67 bits per heavy atom. The van der Waals surface area contributed by atoms with E-state index in [1.54, 1.807) is 0 Å². The van der Waals surface area contributed by atoms with Crippen LogP contribution >= 0.6 is 0 Å². The fourth-order valence-electron chi connectivity index (χ4n) is 1.72. The van der Waals surface area contributed by atoms with Gasteiger partial charge in [0, 0.05) is 25.7 Å². The Morgan fingerprint density at radius 2 is 1.21 bits per heavy atom. The molecule has 9 nitrogen and oxygen atoms in total. The zero-order chi connectivity index (χ0) is 18.4. The molecule has 138 valence electrons. The maximum atomic E-state index is 11.5. The molecule has 0 radical (unpaired) electrons. The van der Waals surface area contributed by atoms with E-state index in [0.29, 0.717) is 25.7 Å². The summed E-state index contributed by atoms with van der Waals surface area (Å²) in [5, 5.41) is 26.0. The molecule has 0 heterocycles. The smallest absolute Gasteiger partial charge is 0.306 e. The molecule has 1 unspecified atom stereocenters. The number of aliphatic hydroxyl groups excluding tert-OH is 1. The molecule has 0 aliphatic rings. The zero-order valence-electron chi connectivity index (χ0n) is 13.4. The lowest BCUT2D eigenvalue weighted by molar-refractivity contribution is -0.161. The molecule has 0 aliphatic heterocycles. The standard InChI is InChI=1S/C15H24O9/c16-9-11(24-15(22)8-4-2-6-13(19)20)10-23-14(21)7-3-1-5-12(17)18/h11,16H,1-10H2,(H,17,18)(H,19,20). The number of carboxylic acid groups (broad SMARTS) is 2. The second-order valence-corrected chi connectivity index (χ2v) is 5.18. The summed E-state index contributed by atoms with van der Waals surface area (Å²) >= 11 is 0. The average molecular weight is 348 g/mol. The number of aliphatic carboxylic acids is 2. The van der Waals surface area contributed by atoms with Crippen LogP contribution in [0.2, 0.25) is 0 Å². The summed E-state index contributed by atoms with van der Waals surface area (Å²) in [5.41, 5.74) is 0. The van der Waals surface area contributed by atoms with E-state index in [2.05, 4.69) is 0 Å². The van der Waals surface area contributed by atoms with Gasteiger partial charge >= 0.3 is 23.9 Å². The van der Waals surface area contributed by atoms with Crippen molar-refractivity contribution in [2.24, 2.45) is 0 Å². The zero-order valence-corrected chi connectivity index (χ0v) is 13.4. The van der Waals surface area contributed by atoms with Crippen LogP contribution in [0.4, 0.5) is 0 Å². The van der Waals surface area contributed by atoms with Gasteiger partial charge in [-0.3, -0.25) is 19.2 Å². The predicted molar refractivity (Wildman–Crippen MR) is 80.1 cm³/mol. The first-order valence-electron chi connectivity index (χ1n) is 7.74. The molecule has 3 N–H and O–H groups in total. The quantitative estimate of drug-likeness (QED) is 0.305. The fourth-order valence-corrected chi connectivity index (χ4v) is 1.72. The largest absolute Gasteiger partial charge is 0.481 e. The van der Waals surface area contributed by atoms with Gasteiger partial charge in [-0.05, 0) is 25.7 Å². The van der Waals surface area contributed by atoms with Crippen molar-refractivity contribution in [2.45, 2.75) is 57.5 Å². The molecule has 0 bridgehead atoms. The molecule has 0 aromatic heterocycles. The number of ether oxygens (including phenoxy) is 2. The SMILES string of the molecule is O=C(O)CCCCC(=O)OCC(CO)OC(=O)CCCCC(=O)O. The molecule has 0 spiro atoms.